The maximum Gasteiger partial charge on any atom is 0.254 e. The van der Waals surface area contributed by atoms with Crippen LogP contribution in [-0.4, -0.2) is 65.4 Å². The van der Waals surface area contributed by atoms with Crippen molar-refractivity contribution >= 4 is 22.4 Å². The molecule has 6 aromatic carbocycles. The minimum atomic E-state index is -1.38. The Morgan fingerprint density at radius 1 is 0.791 bits per heavy atom. The van der Waals surface area contributed by atoms with Crippen LogP contribution < -0.4 is 9.47 Å². The number of amides is 1. The molecule has 0 saturated heterocycles. The van der Waals surface area contributed by atoms with E-state index in [1.165, 1.54) is 0 Å². The summed E-state index contributed by atoms with van der Waals surface area (Å²) in [5, 5.41) is 27.0. The molecule has 9 nitrogen and oxygen atoms in total. The van der Waals surface area contributed by atoms with Crippen molar-refractivity contribution in [3.8, 4) is 28.4 Å². The molecule has 0 unspecified atom stereocenters. The van der Waals surface area contributed by atoms with Crippen LogP contribution in [0, 0.1) is 17.8 Å². The number of rotatable bonds is 19. The van der Waals surface area contributed by atoms with E-state index in [2.05, 4.69) is 43.0 Å². The van der Waals surface area contributed by atoms with E-state index < -0.39 is 17.7 Å². The van der Waals surface area contributed by atoms with Gasteiger partial charge in [-0.25, -0.2) is 0 Å². The fourth-order valence-corrected chi connectivity index (χ4v) is 10.7. The number of fused-ring (bicyclic) bond motifs is 3. The summed E-state index contributed by atoms with van der Waals surface area (Å²) in [4.78, 5) is 23.0. The third-order valence-corrected chi connectivity index (χ3v) is 13.9. The predicted octanol–water partition coefficient (Wildman–Crippen LogP) is 11.9. The molecule has 0 bridgehead atoms. The Balaban J connectivity index is 1.19. The van der Waals surface area contributed by atoms with Gasteiger partial charge in [-0.05, 0) is 113 Å². The van der Waals surface area contributed by atoms with Crippen LogP contribution in [0.3, 0.4) is 0 Å². The molecule has 3 aliphatic rings. The number of unbranched alkanes of at least 4 members (excludes halogenated alkanes) is 2. The molecule has 1 fully saturated rings. The molecule has 1 saturated carbocycles. The van der Waals surface area contributed by atoms with Crippen molar-refractivity contribution in [3.05, 3.63) is 187 Å². The number of allylic oxidation sites excluding steroid dienone is 1. The molecular weight excluding hydrogens is 837 g/mol. The fraction of sp³-hybridized carbons (Fsp3) is 0.310. The van der Waals surface area contributed by atoms with Crippen molar-refractivity contribution in [2.45, 2.75) is 69.3 Å². The second-order valence-corrected chi connectivity index (χ2v) is 18.0. The van der Waals surface area contributed by atoms with Gasteiger partial charge in [-0.15, -0.1) is 6.58 Å². The van der Waals surface area contributed by atoms with Gasteiger partial charge in [-0.2, -0.15) is 0 Å². The van der Waals surface area contributed by atoms with Crippen LogP contribution in [0.2, 0.25) is 0 Å². The van der Waals surface area contributed by atoms with Crippen LogP contribution in [0.4, 0.5) is 0 Å². The molecule has 1 amide bonds. The number of carbonyl (C=O) groups excluding carboxylic acids is 1. The number of benzene rings is 6. The van der Waals surface area contributed by atoms with Gasteiger partial charge in [0.2, 0.25) is 5.79 Å². The van der Waals surface area contributed by atoms with Gasteiger partial charge in [0, 0.05) is 43.7 Å². The SMILES string of the molecule is C=CCO[C@@]12Oc3ccc(Oc4ccc(-c5ccccc5)cc4)cc3[C@H]3[C@H](CCCCO)[C@@H](CCCCO)C=C(C(=NOCc4ccccc4)C[C@@H]1N(C)C(=O)c1ccc4ccccc4c1)[C@H]32. The predicted molar refractivity (Wildman–Crippen MR) is 264 cm³/mol. The lowest BCUT2D eigenvalue weighted by Crippen LogP contribution is -2.69. The second kappa shape index (κ2) is 21.0. The van der Waals surface area contributed by atoms with E-state index in [0.717, 1.165) is 70.0 Å². The van der Waals surface area contributed by atoms with Gasteiger partial charge in [0.15, 0.2) is 0 Å². The molecular formula is C58H60N2O7. The Hall–Kier alpha value is -6.52. The third-order valence-electron chi connectivity index (χ3n) is 13.9. The standard InChI is InChI=1S/C58H60N2O7/c1-3-34-64-58-54(60(2)57(63)46-25-24-42-20-10-11-21-44(42)35-46)38-52(59-65-39-40-16-6-4-7-17-40)50-36-45(22-12-14-32-61)49(23-13-15-33-62)55(56(50)58)51-37-48(30-31-53(51)67-58)66-47-28-26-43(27-29-47)41-18-8-5-9-19-41/h3-11,16-21,24-31,35-37,45,49,54-56,61-62H,1,12-15,22-23,32-34,38-39H2,2H3/t45-,49+,54-,55+,56+,58+/m0/s1. The number of ether oxygens (including phenoxy) is 3. The fourth-order valence-electron chi connectivity index (χ4n) is 10.7. The van der Waals surface area contributed by atoms with Gasteiger partial charge in [0.1, 0.15) is 29.9 Å². The van der Waals surface area contributed by atoms with Gasteiger partial charge in [0.05, 0.1) is 18.2 Å². The van der Waals surface area contributed by atoms with Gasteiger partial charge in [-0.1, -0.05) is 133 Å². The Bertz CT molecular complexity index is 2700. The number of aliphatic hydroxyl groups is 2. The highest BCUT2D eigenvalue weighted by molar-refractivity contribution is 6.04. The molecule has 1 aliphatic heterocycles. The molecule has 67 heavy (non-hydrogen) atoms. The van der Waals surface area contributed by atoms with Crippen LogP contribution in [-0.2, 0) is 16.2 Å². The summed E-state index contributed by atoms with van der Waals surface area (Å²) >= 11 is 0. The summed E-state index contributed by atoms with van der Waals surface area (Å²) in [6.07, 6.45) is 9.08. The van der Waals surface area contributed by atoms with Crippen LogP contribution in [0.25, 0.3) is 21.9 Å². The Labute approximate surface area is 394 Å². The summed E-state index contributed by atoms with van der Waals surface area (Å²) in [6, 6.07) is 47.6. The first-order valence-corrected chi connectivity index (χ1v) is 23.7. The number of carbonyl (C=O) groups is 1. The number of oxime groups is 1. The van der Waals surface area contributed by atoms with Crippen molar-refractivity contribution in [2.24, 2.45) is 22.9 Å². The highest BCUT2D eigenvalue weighted by atomic mass is 16.7. The highest BCUT2D eigenvalue weighted by Crippen LogP contribution is 2.62. The third kappa shape index (κ3) is 9.68. The van der Waals surface area contributed by atoms with Crippen LogP contribution in [0.1, 0.15) is 72.3 Å². The first kappa shape index (κ1) is 45.6. The Kier molecular flexibility index (Phi) is 14.3. The van der Waals surface area contributed by atoms with Crippen LogP contribution in [0.15, 0.2) is 175 Å². The van der Waals surface area contributed by atoms with Crippen molar-refractivity contribution in [1.82, 2.24) is 4.90 Å². The Morgan fingerprint density at radius 3 is 2.22 bits per heavy atom. The van der Waals surface area contributed by atoms with Crippen LogP contribution in [0.5, 0.6) is 17.2 Å². The van der Waals surface area contributed by atoms with E-state index >= 15 is 0 Å². The van der Waals surface area contributed by atoms with Crippen LogP contribution >= 0.6 is 0 Å². The van der Waals surface area contributed by atoms with E-state index in [-0.39, 0.29) is 50.1 Å². The molecule has 6 aromatic rings. The highest BCUT2D eigenvalue weighted by Gasteiger charge is 2.65. The zero-order chi connectivity index (χ0) is 46.2. The van der Waals surface area contributed by atoms with Gasteiger partial charge < -0.3 is 34.2 Å². The smallest absolute Gasteiger partial charge is 0.254 e. The molecule has 2 N–H and O–H groups in total. The van der Waals surface area contributed by atoms with E-state index in [1.54, 1.807) is 11.0 Å². The number of likely N-dealkylation sites (N-methyl/N-ethyl adjacent to an activating group) is 1. The lowest BCUT2D eigenvalue weighted by Gasteiger charge is -2.59. The van der Waals surface area contributed by atoms with Crippen molar-refractivity contribution in [1.29, 1.82) is 0 Å². The van der Waals surface area contributed by atoms with E-state index in [1.807, 2.05) is 122 Å². The molecule has 9 heteroatoms. The molecule has 0 aromatic heterocycles. The average molecular weight is 897 g/mol. The van der Waals surface area contributed by atoms with Crippen molar-refractivity contribution in [2.75, 3.05) is 26.9 Å². The number of hydrogen-bond donors (Lipinski definition) is 2. The summed E-state index contributed by atoms with van der Waals surface area (Å²) in [5.74, 6) is 0.0251. The molecule has 9 rings (SSSR count). The molecule has 0 spiro atoms. The van der Waals surface area contributed by atoms with E-state index in [4.69, 9.17) is 24.2 Å². The Morgan fingerprint density at radius 2 is 1.48 bits per heavy atom. The topological polar surface area (TPSA) is 110 Å². The van der Waals surface area contributed by atoms with Crippen molar-refractivity contribution < 1.29 is 34.1 Å². The maximum absolute atomic E-state index is 15.0. The quantitative estimate of drug-likeness (QED) is 0.0473. The molecule has 6 atom stereocenters. The maximum atomic E-state index is 15.0. The lowest BCUT2D eigenvalue weighted by molar-refractivity contribution is -0.252. The first-order chi connectivity index (χ1) is 32.9. The molecule has 1 heterocycles. The van der Waals surface area contributed by atoms with E-state index in [0.29, 0.717) is 42.1 Å². The van der Waals surface area contributed by atoms with Gasteiger partial charge in [-0.3, -0.25) is 4.79 Å². The van der Waals surface area contributed by atoms with E-state index in [9.17, 15) is 15.0 Å². The van der Waals surface area contributed by atoms with Gasteiger partial charge in [0.25, 0.3) is 5.91 Å². The molecule has 344 valence electrons. The first-order valence-electron chi connectivity index (χ1n) is 23.7. The zero-order valence-electron chi connectivity index (χ0n) is 38.2. The minimum absolute atomic E-state index is 0.0699. The van der Waals surface area contributed by atoms with Gasteiger partial charge >= 0.3 is 0 Å². The monoisotopic (exact) mass is 896 g/mol. The zero-order valence-corrected chi connectivity index (χ0v) is 38.2. The number of nitrogens with zero attached hydrogens (tertiary/aromatic N) is 2. The minimum Gasteiger partial charge on any atom is -0.459 e. The summed E-state index contributed by atoms with van der Waals surface area (Å²) in [6.45, 7) is 4.74. The molecule has 2 aliphatic carbocycles. The summed E-state index contributed by atoms with van der Waals surface area (Å²) < 4.78 is 21.2. The second-order valence-electron chi connectivity index (χ2n) is 18.0. The molecule has 0 radical (unpaired) electrons. The summed E-state index contributed by atoms with van der Waals surface area (Å²) in [7, 11) is 1.84. The largest absolute Gasteiger partial charge is 0.459 e. The lowest BCUT2D eigenvalue weighted by atomic mass is 9.55. The number of aliphatic hydroxyl groups excluding tert-OH is 2. The summed E-state index contributed by atoms with van der Waals surface area (Å²) in [5.41, 5.74) is 6.49. The average Bonchev–Trinajstić information content (AvgIpc) is 3.37. The van der Waals surface area contributed by atoms with Crippen molar-refractivity contribution in [3.63, 3.8) is 0 Å². The number of hydrogen-bond acceptors (Lipinski definition) is 8. The normalized spacial score (nSPS) is 22.2.